The van der Waals surface area contributed by atoms with Gasteiger partial charge in [0, 0.05) is 33.4 Å². The van der Waals surface area contributed by atoms with E-state index in [4.69, 9.17) is 9.47 Å². The summed E-state index contributed by atoms with van der Waals surface area (Å²) in [4.78, 5) is 0. The fraction of sp³-hybridized carbons (Fsp3) is 1.00. The van der Waals surface area contributed by atoms with Gasteiger partial charge in [0.2, 0.25) is 10.0 Å². The van der Waals surface area contributed by atoms with Crippen LogP contribution in [0.2, 0.25) is 0 Å². The first kappa shape index (κ1) is 18.1. The van der Waals surface area contributed by atoms with Crippen molar-refractivity contribution in [1.82, 2.24) is 10.0 Å². The Hall–Kier alpha value is 0.0800. The molecule has 1 heterocycles. The average Bonchev–Trinajstić information content (AvgIpc) is 2.35. The van der Waals surface area contributed by atoms with E-state index in [1.54, 1.807) is 7.11 Å². The molecule has 110 valence electrons. The summed E-state index contributed by atoms with van der Waals surface area (Å²) in [5, 5.41) is 2.69. The minimum Gasteiger partial charge on any atom is -0.383 e. The molecule has 0 radical (unpaired) electrons. The van der Waals surface area contributed by atoms with Crippen LogP contribution in [0.1, 0.15) is 12.8 Å². The van der Waals surface area contributed by atoms with Gasteiger partial charge in [-0.1, -0.05) is 0 Å². The van der Waals surface area contributed by atoms with Crippen LogP contribution < -0.4 is 10.0 Å². The van der Waals surface area contributed by atoms with Gasteiger partial charge >= 0.3 is 0 Å². The van der Waals surface area contributed by atoms with Crippen molar-refractivity contribution in [3.8, 4) is 0 Å². The average molecular weight is 303 g/mol. The first-order valence-corrected chi connectivity index (χ1v) is 7.47. The van der Waals surface area contributed by atoms with Crippen molar-refractivity contribution in [3.63, 3.8) is 0 Å². The van der Waals surface area contributed by atoms with Gasteiger partial charge in [0.25, 0.3) is 0 Å². The molecule has 1 unspecified atom stereocenters. The molecule has 1 aliphatic rings. The number of ether oxygens (including phenoxy) is 2. The molecule has 0 amide bonds. The maximum absolute atomic E-state index is 11.8. The fourth-order valence-corrected chi connectivity index (χ4v) is 3.03. The summed E-state index contributed by atoms with van der Waals surface area (Å²) >= 11 is 0. The van der Waals surface area contributed by atoms with Crippen LogP contribution in [0.25, 0.3) is 0 Å². The molecule has 0 saturated carbocycles. The largest absolute Gasteiger partial charge is 0.383 e. The summed E-state index contributed by atoms with van der Waals surface area (Å²) in [6.07, 6.45) is 1.50. The lowest BCUT2D eigenvalue weighted by molar-refractivity contribution is 0.0988. The Labute approximate surface area is 115 Å². The lowest BCUT2D eigenvalue weighted by atomic mass is 10.2. The molecule has 8 heteroatoms. The minimum atomic E-state index is -3.22. The van der Waals surface area contributed by atoms with Gasteiger partial charge in [-0.15, -0.1) is 12.4 Å². The number of halogens is 1. The molecule has 0 bridgehead atoms. The Morgan fingerprint density at radius 3 is 2.72 bits per heavy atom. The van der Waals surface area contributed by atoms with Gasteiger partial charge in [0.1, 0.15) is 0 Å². The van der Waals surface area contributed by atoms with E-state index in [0.717, 1.165) is 13.0 Å². The molecule has 0 aromatic rings. The Kier molecular flexibility index (Phi) is 9.98. The van der Waals surface area contributed by atoms with Gasteiger partial charge in [0.05, 0.1) is 18.5 Å². The number of sulfonamides is 1. The molecule has 1 atom stereocenters. The van der Waals surface area contributed by atoms with E-state index in [9.17, 15) is 8.42 Å². The van der Waals surface area contributed by atoms with Crippen molar-refractivity contribution in [1.29, 1.82) is 0 Å². The third-order valence-corrected chi connectivity index (χ3v) is 4.50. The maximum Gasteiger partial charge on any atom is 0.216 e. The Balaban J connectivity index is 0.00000289. The van der Waals surface area contributed by atoms with Crippen LogP contribution in [0.15, 0.2) is 0 Å². The predicted molar refractivity (Wildman–Crippen MR) is 72.8 cm³/mol. The van der Waals surface area contributed by atoms with Crippen molar-refractivity contribution in [3.05, 3.63) is 0 Å². The number of hydrogen-bond acceptors (Lipinski definition) is 5. The lowest BCUT2D eigenvalue weighted by Crippen LogP contribution is -2.42. The summed E-state index contributed by atoms with van der Waals surface area (Å²) < 4.78 is 36.3. The quantitative estimate of drug-likeness (QED) is 0.604. The summed E-state index contributed by atoms with van der Waals surface area (Å²) in [5.74, 6) is 0. The van der Waals surface area contributed by atoms with Crippen molar-refractivity contribution in [2.24, 2.45) is 0 Å². The first-order valence-electron chi connectivity index (χ1n) is 5.92. The molecule has 0 spiro atoms. The zero-order valence-corrected chi connectivity index (χ0v) is 12.3. The standard InChI is InChI=1S/C10H22N2O4S.ClH/c1-15-8-6-11-4-5-12-17(13,14)10-3-2-7-16-9-10;/h10-12H,2-9H2,1H3;1H. The van der Waals surface area contributed by atoms with Crippen LogP contribution in [0.5, 0.6) is 0 Å². The summed E-state index contributed by atoms with van der Waals surface area (Å²) in [7, 11) is -1.59. The molecular weight excluding hydrogens is 280 g/mol. The lowest BCUT2D eigenvalue weighted by Gasteiger charge is -2.22. The molecule has 0 aliphatic carbocycles. The highest BCUT2D eigenvalue weighted by molar-refractivity contribution is 7.90. The molecule has 6 nitrogen and oxygen atoms in total. The van der Waals surface area contributed by atoms with Crippen LogP contribution in [0.4, 0.5) is 0 Å². The van der Waals surface area contributed by atoms with Gasteiger partial charge in [0.15, 0.2) is 0 Å². The predicted octanol–water partition coefficient (Wildman–Crippen LogP) is -0.257. The summed E-state index contributed by atoms with van der Waals surface area (Å²) in [6, 6.07) is 0. The highest BCUT2D eigenvalue weighted by atomic mass is 35.5. The van der Waals surface area contributed by atoms with Crippen molar-refractivity contribution < 1.29 is 17.9 Å². The molecule has 1 saturated heterocycles. The second-order valence-electron chi connectivity index (χ2n) is 4.02. The third kappa shape index (κ3) is 6.86. The van der Waals surface area contributed by atoms with Crippen LogP contribution in [0, 0.1) is 0 Å². The molecule has 1 aliphatic heterocycles. The zero-order chi connectivity index (χ0) is 12.6. The molecule has 2 N–H and O–H groups in total. The topological polar surface area (TPSA) is 76.7 Å². The van der Waals surface area contributed by atoms with E-state index < -0.39 is 15.3 Å². The number of methoxy groups -OCH3 is 1. The maximum atomic E-state index is 11.8. The minimum absolute atomic E-state index is 0. The summed E-state index contributed by atoms with van der Waals surface area (Å²) in [5.41, 5.74) is 0. The zero-order valence-electron chi connectivity index (χ0n) is 10.7. The van der Waals surface area contributed by atoms with Crippen molar-refractivity contribution in [2.45, 2.75) is 18.1 Å². The van der Waals surface area contributed by atoms with E-state index in [-0.39, 0.29) is 12.4 Å². The van der Waals surface area contributed by atoms with Crippen LogP contribution in [-0.2, 0) is 19.5 Å². The van der Waals surface area contributed by atoms with Gasteiger partial charge in [-0.3, -0.25) is 0 Å². The summed E-state index contributed by atoms with van der Waals surface area (Å²) in [6.45, 7) is 3.35. The number of hydrogen-bond donors (Lipinski definition) is 2. The Morgan fingerprint density at radius 1 is 1.33 bits per heavy atom. The normalized spacial score (nSPS) is 20.4. The number of rotatable bonds is 8. The smallest absolute Gasteiger partial charge is 0.216 e. The highest BCUT2D eigenvalue weighted by Gasteiger charge is 2.27. The van der Waals surface area contributed by atoms with Gasteiger partial charge in [-0.25, -0.2) is 13.1 Å². The van der Waals surface area contributed by atoms with Gasteiger partial charge < -0.3 is 14.8 Å². The van der Waals surface area contributed by atoms with E-state index in [1.165, 1.54) is 0 Å². The van der Waals surface area contributed by atoms with E-state index in [0.29, 0.717) is 39.3 Å². The van der Waals surface area contributed by atoms with E-state index in [2.05, 4.69) is 10.0 Å². The second kappa shape index (κ2) is 9.94. The van der Waals surface area contributed by atoms with Crippen LogP contribution in [-0.4, -0.2) is 60.2 Å². The second-order valence-corrected chi connectivity index (χ2v) is 6.07. The van der Waals surface area contributed by atoms with E-state index in [1.807, 2.05) is 0 Å². The van der Waals surface area contributed by atoms with Crippen molar-refractivity contribution in [2.75, 3.05) is 46.6 Å². The molecule has 0 aromatic heterocycles. The van der Waals surface area contributed by atoms with Gasteiger partial charge in [-0.2, -0.15) is 0 Å². The molecule has 0 aromatic carbocycles. The van der Waals surface area contributed by atoms with Gasteiger partial charge in [-0.05, 0) is 12.8 Å². The van der Waals surface area contributed by atoms with E-state index >= 15 is 0 Å². The Morgan fingerprint density at radius 2 is 2.11 bits per heavy atom. The monoisotopic (exact) mass is 302 g/mol. The van der Waals surface area contributed by atoms with Crippen molar-refractivity contribution >= 4 is 22.4 Å². The van der Waals surface area contributed by atoms with Crippen LogP contribution >= 0.6 is 12.4 Å². The van der Waals surface area contributed by atoms with Crippen LogP contribution in [0.3, 0.4) is 0 Å². The highest BCUT2D eigenvalue weighted by Crippen LogP contribution is 2.13. The molecule has 1 fully saturated rings. The molecular formula is C10H23ClN2O4S. The first-order chi connectivity index (χ1) is 8.17. The third-order valence-electron chi connectivity index (χ3n) is 2.65. The molecule has 1 rings (SSSR count). The molecule has 18 heavy (non-hydrogen) atoms. The SMILES string of the molecule is COCCNCCNS(=O)(=O)C1CCCOC1.Cl. The fourth-order valence-electron chi connectivity index (χ4n) is 1.65. The Bertz CT molecular complexity index is 294. The number of nitrogens with one attached hydrogen (secondary N) is 2.